The molecule has 1 rings (SSSR count). The lowest BCUT2D eigenvalue weighted by molar-refractivity contribution is 0.274. The fraction of sp³-hybridized carbons (Fsp3) is 0.333. The molecule has 0 atom stereocenters. The zero-order chi connectivity index (χ0) is 8.27. The van der Waals surface area contributed by atoms with E-state index in [2.05, 4.69) is 10.2 Å². The topological polar surface area (TPSA) is 55.2 Å². The Morgan fingerprint density at radius 1 is 1.64 bits per heavy atom. The SMILES string of the molecule is COc1cc(CO)nnc1Cl. The molecule has 1 heterocycles. The van der Waals surface area contributed by atoms with Crippen LogP contribution in [-0.2, 0) is 6.61 Å². The number of aliphatic hydroxyl groups is 1. The van der Waals surface area contributed by atoms with Crippen molar-refractivity contribution < 1.29 is 9.84 Å². The van der Waals surface area contributed by atoms with Crippen LogP contribution in [0.4, 0.5) is 0 Å². The average Bonchev–Trinajstić information content (AvgIpc) is 2.05. The molecule has 60 valence electrons. The molecular formula is C6H7ClN2O2. The van der Waals surface area contributed by atoms with Crippen LogP contribution >= 0.6 is 11.6 Å². The molecule has 0 radical (unpaired) electrons. The van der Waals surface area contributed by atoms with Gasteiger partial charge in [0.25, 0.3) is 0 Å². The Morgan fingerprint density at radius 3 is 2.91 bits per heavy atom. The molecule has 0 unspecified atom stereocenters. The molecule has 0 aliphatic heterocycles. The monoisotopic (exact) mass is 174 g/mol. The standard InChI is InChI=1S/C6H7ClN2O2/c1-11-5-2-4(3-10)8-9-6(5)7/h2,10H,3H2,1H3. The number of methoxy groups -OCH3 is 1. The lowest BCUT2D eigenvalue weighted by Crippen LogP contribution is -1.95. The minimum atomic E-state index is -0.166. The third-order valence-electron chi connectivity index (χ3n) is 1.15. The lowest BCUT2D eigenvalue weighted by atomic mass is 10.4. The number of ether oxygens (including phenoxy) is 1. The molecule has 1 aromatic heterocycles. The maximum Gasteiger partial charge on any atom is 0.193 e. The predicted octanol–water partition coefficient (Wildman–Crippen LogP) is 0.631. The van der Waals surface area contributed by atoms with Crippen molar-refractivity contribution in [1.29, 1.82) is 0 Å². The summed E-state index contributed by atoms with van der Waals surface area (Å²) in [4.78, 5) is 0. The van der Waals surface area contributed by atoms with E-state index in [1.807, 2.05) is 0 Å². The minimum absolute atomic E-state index is 0.166. The zero-order valence-electron chi connectivity index (χ0n) is 5.91. The number of halogens is 1. The number of nitrogens with zero attached hydrogens (tertiary/aromatic N) is 2. The van der Waals surface area contributed by atoms with Gasteiger partial charge in [-0.2, -0.15) is 5.10 Å². The second-order valence-corrected chi connectivity index (χ2v) is 2.21. The molecule has 1 N–H and O–H groups in total. The Balaban J connectivity index is 3.02. The summed E-state index contributed by atoms with van der Waals surface area (Å²) < 4.78 is 4.84. The van der Waals surface area contributed by atoms with Gasteiger partial charge in [-0.1, -0.05) is 11.6 Å². The Bertz CT molecular complexity index is 254. The van der Waals surface area contributed by atoms with Gasteiger partial charge in [0.15, 0.2) is 10.9 Å². The summed E-state index contributed by atoms with van der Waals surface area (Å²) in [7, 11) is 1.48. The van der Waals surface area contributed by atoms with E-state index >= 15 is 0 Å². The third-order valence-corrected chi connectivity index (χ3v) is 1.41. The van der Waals surface area contributed by atoms with Gasteiger partial charge in [-0.05, 0) is 0 Å². The smallest absolute Gasteiger partial charge is 0.193 e. The van der Waals surface area contributed by atoms with Gasteiger partial charge in [-0.3, -0.25) is 0 Å². The summed E-state index contributed by atoms with van der Waals surface area (Å²) in [6.07, 6.45) is 0. The molecule has 11 heavy (non-hydrogen) atoms. The van der Waals surface area contributed by atoms with Crippen LogP contribution in [0.3, 0.4) is 0 Å². The summed E-state index contributed by atoms with van der Waals surface area (Å²) in [6, 6.07) is 1.54. The van der Waals surface area contributed by atoms with Crippen molar-refractivity contribution in [2.24, 2.45) is 0 Å². The van der Waals surface area contributed by atoms with Crippen molar-refractivity contribution in [3.63, 3.8) is 0 Å². The van der Waals surface area contributed by atoms with Crippen LogP contribution in [0.15, 0.2) is 6.07 Å². The normalized spacial score (nSPS) is 9.73. The van der Waals surface area contributed by atoms with Crippen molar-refractivity contribution in [2.45, 2.75) is 6.61 Å². The molecule has 4 nitrogen and oxygen atoms in total. The van der Waals surface area contributed by atoms with Gasteiger partial charge in [0, 0.05) is 6.07 Å². The van der Waals surface area contributed by atoms with E-state index in [4.69, 9.17) is 21.4 Å². The third kappa shape index (κ3) is 1.78. The van der Waals surface area contributed by atoms with Crippen molar-refractivity contribution in [1.82, 2.24) is 10.2 Å². The number of hydrogen-bond acceptors (Lipinski definition) is 4. The molecule has 5 heteroatoms. The number of hydrogen-bond donors (Lipinski definition) is 1. The highest BCUT2D eigenvalue weighted by molar-refractivity contribution is 6.30. The van der Waals surface area contributed by atoms with Gasteiger partial charge in [-0.15, -0.1) is 5.10 Å². The minimum Gasteiger partial charge on any atom is -0.493 e. The Hall–Kier alpha value is -0.870. The first kappa shape index (κ1) is 8.23. The van der Waals surface area contributed by atoms with E-state index < -0.39 is 0 Å². The van der Waals surface area contributed by atoms with Crippen LogP contribution in [0.2, 0.25) is 5.15 Å². The van der Waals surface area contributed by atoms with Gasteiger partial charge in [0.05, 0.1) is 19.4 Å². The highest BCUT2D eigenvalue weighted by atomic mass is 35.5. The largest absolute Gasteiger partial charge is 0.493 e. The lowest BCUT2D eigenvalue weighted by Gasteiger charge is -2.01. The highest BCUT2D eigenvalue weighted by Crippen LogP contribution is 2.20. The molecule has 0 spiro atoms. The summed E-state index contributed by atoms with van der Waals surface area (Å²) in [5.41, 5.74) is 0.436. The van der Waals surface area contributed by atoms with Gasteiger partial charge in [0.1, 0.15) is 0 Å². The van der Waals surface area contributed by atoms with Crippen LogP contribution in [-0.4, -0.2) is 22.4 Å². The van der Waals surface area contributed by atoms with E-state index in [1.165, 1.54) is 13.2 Å². The average molecular weight is 175 g/mol. The molecule has 0 bridgehead atoms. The zero-order valence-corrected chi connectivity index (χ0v) is 6.67. The number of aromatic nitrogens is 2. The van der Waals surface area contributed by atoms with E-state index in [0.29, 0.717) is 11.4 Å². The van der Waals surface area contributed by atoms with Crippen LogP contribution in [0.1, 0.15) is 5.69 Å². The van der Waals surface area contributed by atoms with E-state index in [1.54, 1.807) is 0 Å². The molecule has 1 aromatic rings. The first-order valence-corrected chi connectivity index (χ1v) is 3.32. The van der Waals surface area contributed by atoms with Crippen molar-refractivity contribution in [3.8, 4) is 5.75 Å². The number of rotatable bonds is 2. The Morgan fingerprint density at radius 2 is 2.36 bits per heavy atom. The summed E-state index contributed by atoms with van der Waals surface area (Å²) >= 11 is 5.57. The number of aliphatic hydroxyl groups excluding tert-OH is 1. The Kier molecular flexibility index (Phi) is 2.62. The summed E-state index contributed by atoms with van der Waals surface area (Å²) in [6.45, 7) is -0.166. The summed E-state index contributed by atoms with van der Waals surface area (Å²) in [5, 5.41) is 16.0. The maximum absolute atomic E-state index is 8.65. The van der Waals surface area contributed by atoms with Crippen LogP contribution in [0.5, 0.6) is 5.75 Å². The highest BCUT2D eigenvalue weighted by Gasteiger charge is 2.03. The van der Waals surface area contributed by atoms with Crippen LogP contribution in [0, 0.1) is 0 Å². The molecular weight excluding hydrogens is 168 g/mol. The quantitative estimate of drug-likeness (QED) is 0.715. The molecule has 0 aliphatic carbocycles. The van der Waals surface area contributed by atoms with Gasteiger partial charge < -0.3 is 9.84 Å². The van der Waals surface area contributed by atoms with Crippen molar-refractivity contribution in [3.05, 3.63) is 16.9 Å². The fourth-order valence-electron chi connectivity index (χ4n) is 0.618. The van der Waals surface area contributed by atoms with E-state index in [-0.39, 0.29) is 11.8 Å². The Labute approximate surface area is 68.8 Å². The van der Waals surface area contributed by atoms with Gasteiger partial charge in [0.2, 0.25) is 0 Å². The molecule has 0 aliphatic rings. The maximum atomic E-state index is 8.65. The van der Waals surface area contributed by atoms with Crippen LogP contribution in [0.25, 0.3) is 0 Å². The first-order valence-electron chi connectivity index (χ1n) is 2.95. The predicted molar refractivity (Wildman–Crippen MR) is 39.5 cm³/mol. The molecule has 0 saturated heterocycles. The van der Waals surface area contributed by atoms with E-state index in [0.717, 1.165) is 0 Å². The van der Waals surface area contributed by atoms with Crippen LogP contribution < -0.4 is 4.74 Å². The van der Waals surface area contributed by atoms with Crippen molar-refractivity contribution in [2.75, 3.05) is 7.11 Å². The molecule has 0 fully saturated rings. The second-order valence-electron chi connectivity index (χ2n) is 1.85. The molecule has 0 saturated carbocycles. The fourth-order valence-corrected chi connectivity index (χ4v) is 0.787. The second kappa shape index (κ2) is 3.50. The van der Waals surface area contributed by atoms with E-state index in [9.17, 15) is 0 Å². The molecule has 0 aromatic carbocycles. The van der Waals surface area contributed by atoms with Gasteiger partial charge >= 0.3 is 0 Å². The molecule has 0 amide bonds. The van der Waals surface area contributed by atoms with Crippen molar-refractivity contribution >= 4 is 11.6 Å². The first-order chi connectivity index (χ1) is 5.27. The van der Waals surface area contributed by atoms with Gasteiger partial charge in [-0.25, -0.2) is 0 Å². The summed E-state index contributed by atoms with van der Waals surface area (Å²) in [5.74, 6) is 0.422.